The number of benzene rings is 1. The molecule has 0 aliphatic carbocycles. The molecule has 0 amide bonds. The Hall–Kier alpha value is -0.0100. The topological polar surface area (TPSA) is 0 Å². The summed E-state index contributed by atoms with van der Waals surface area (Å²) in [5.74, 6) is 0. The van der Waals surface area contributed by atoms with E-state index in [1.165, 1.54) is 11.1 Å². The lowest BCUT2D eigenvalue weighted by Gasteiger charge is -2.01. The minimum Gasteiger partial charge on any atom is -0.110 e. The van der Waals surface area contributed by atoms with Crippen LogP contribution < -0.4 is 0 Å². The molecule has 0 saturated heterocycles. The van der Waals surface area contributed by atoms with Gasteiger partial charge in [-0.3, -0.25) is 0 Å². The van der Waals surface area contributed by atoms with Crippen molar-refractivity contribution in [2.24, 2.45) is 0 Å². The molecule has 1 rings (SSSR count). The third-order valence-corrected chi connectivity index (χ3v) is 1.95. The van der Waals surface area contributed by atoms with Gasteiger partial charge in [-0.1, -0.05) is 45.8 Å². The van der Waals surface area contributed by atoms with E-state index in [1.54, 1.807) is 0 Å². The second-order valence-corrected chi connectivity index (χ2v) is 4.74. The first-order valence-electron chi connectivity index (χ1n) is 3.52. The molecule has 0 heterocycles. The summed E-state index contributed by atoms with van der Waals surface area (Å²) in [6, 6.07) is 8.37. The van der Waals surface area contributed by atoms with Crippen LogP contribution in [0.15, 0.2) is 24.3 Å². The highest BCUT2D eigenvalue weighted by Crippen LogP contribution is 2.14. The Morgan fingerprint density at radius 1 is 1.55 bits per heavy atom. The van der Waals surface area contributed by atoms with Crippen molar-refractivity contribution in [3.63, 3.8) is 0 Å². The maximum absolute atomic E-state index is 5.78. The van der Waals surface area contributed by atoms with E-state index in [2.05, 4.69) is 47.1 Å². The van der Waals surface area contributed by atoms with Crippen molar-refractivity contribution in [3.05, 3.63) is 35.4 Å². The second kappa shape index (κ2) is 4.13. The summed E-state index contributed by atoms with van der Waals surface area (Å²) in [5.41, 5.74) is 2.56. The molecule has 0 nitrogen and oxygen atoms in total. The average molecular weight is 234 g/mol. The van der Waals surface area contributed by atoms with Gasteiger partial charge in [-0.15, -0.1) is 11.6 Å². The van der Waals surface area contributed by atoms with Crippen molar-refractivity contribution in [2.45, 2.75) is 17.6 Å². The molecule has 1 aromatic carbocycles. The zero-order valence-corrected chi connectivity index (χ0v) is 8.69. The van der Waals surface area contributed by atoms with Crippen molar-refractivity contribution in [2.75, 3.05) is 0 Å². The predicted octanol–water partition coefficient (Wildman–Crippen LogP) is 3.50. The molecule has 1 atom stereocenters. The normalized spacial score (nSPS) is 13.0. The van der Waals surface area contributed by atoms with E-state index in [0.29, 0.717) is 0 Å². The van der Waals surface area contributed by atoms with Crippen LogP contribution in [0.1, 0.15) is 11.1 Å². The molecule has 1 aromatic rings. The molecule has 0 aliphatic rings. The standard InChI is InChI=1S/C9H10BrCl/c1-7-3-2-4-8(5-7)6-9(10)11/h2-5,9H,6H2,1H3. The van der Waals surface area contributed by atoms with Crippen LogP contribution in [-0.2, 0) is 6.42 Å². The molecule has 0 spiro atoms. The zero-order chi connectivity index (χ0) is 8.27. The summed E-state index contributed by atoms with van der Waals surface area (Å²) >= 11 is 9.08. The molecule has 0 N–H and O–H groups in total. The third kappa shape index (κ3) is 3.26. The van der Waals surface area contributed by atoms with Gasteiger partial charge < -0.3 is 0 Å². The summed E-state index contributed by atoms with van der Waals surface area (Å²) < 4.78 is 0.0456. The van der Waals surface area contributed by atoms with Crippen LogP contribution in [-0.4, -0.2) is 4.29 Å². The molecule has 0 saturated carbocycles. The fraction of sp³-hybridized carbons (Fsp3) is 0.333. The summed E-state index contributed by atoms with van der Waals surface area (Å²) in [5, 5.41) is 0. The summed E-state index contributed by atoms with van der Waals surface area (Å²) in [4.78, 5) is 0. The predicted molar refractivity (Wildman–Crippen MR) is 53.5 cm³/mol. The number of halogens is 2. The summed E-state index contributed by atoms with van der Waals surface area (Å²) in [7, 11) is 0. The summed E-state index contributed by atoms with van der Waals surface area (Å²) in [6.07, 6.45) is 0.878. The molecule has 0 bridgehead atoms. The molecule has 0 radical (unpaired) electrons. The van der Waals surface area contributed by atoms with Crippen LogP contribution in [0.5, 0.6) is 0 Å². The minimum atomic E-state index is 0.0456. The molecule has 0 fully saturated rings. The first-order valence-corrected chi connectivity index (χ1v) is 4.87. The van der Waals surface area contributed by atoms with Crippen molar-refractivity contribution in [3.8, 4) is 0 Å². The molecular weight excluding hydrogens is 223 g/mol. The number of hydrogen-bond donors (Lipinski definition) is 0. The first kappa shape index (κ1) is 9.08. The van der Waals surface area contributed by atoms with Gasteiger partial charge in [-0.05, 0) is 18.9 Å². The Kier molecular flexibility index (Phi) is 3.41. The van der Waals surface area contributed by atoms with Crippen LogP contribution in [0.3, 0.4) is 0 Å². The van der Waals surface area contributed by atoms with Gasteiger partial charge in [0.15, 0.2) is 0 Å². The molecular formula is C9H10BrCl. The van der Waals surface area contributed by atoms with Gasteiger partial charge in [-0.2, -0.15) is 0 Å². The lowest BCUT2D eigenvalue weighted by Crippen LogP contribution is -1.93. The number of alkyl halides is 2. The van der Waals surface area contributed by atoms with Crippen molar-refractivity contribution >= 4 is 27.5 Å². The summed E-state index contributed by atoms with van der Waals surface area (Å²) in [6.45, 7) is 2.08. The van der Waals surface area contributed by atoms with E-state index in [-0.39, 0.29) is 4.29 Å². The second-order valence-electron chi connectivity index (χ2n) is 2.58. The van der Waals surface area contributed by atoms with Gasteiger partial charge in [0.1, 0.15) is 0 Å². The molecule has 0 aromatic heterocycles. The Balaban J connectivity index is 2.71. The number of hydrogen-bond acceptors (Lipinski definition) is 0. The zero-order valence-electron chi connectivity index (χ0n) is 6.35. The molecule has 2 heteroatoms. The van der Waals surface area contributed by atoms with Crippen LogP contribution >= 0.6 is 27.5 Å². The molecule has 0 aliphatic heterocycles. The van der Waals surface area contributed by atoms with Gasteiger partial charge in [0.2, 0.25) is 0 Å². The fourth-order valence-electron chi connectivity index (χ4n) is 1.02. The maximum atomic E-state index is 5.78. The molecule has 11 heavy (non-hydrogen) atoms. The van der Waals surface area contributed by atoms with E-state index < -0.39 is 0 Å². The Labute approximate surface area is 80.7 Å². The lowest BCUT2D eigenvalue weighted by molar-refractivity contribution is 1.10. The first-order chi connectivity index (χ1) is 5.18. The highest BCUT2D eigenvalue weighted by Gasteiger charge is 1.99. The average Bonchev–Trinajstić information content (AvgIpc) is 1.85. The van der Waals surface area contributed by atoms with E-state index in [1.807, 2.05) is 0 Å². The Morgan fingerprint density at radius 3 is 2.82 bits per heavy atom. The highest BCUT2D eigenvalue weighted by molar-refractivity contribution is 9.10. The van der Waals surface area contributed by atoms with Crippen molar-refractivity contribution in [1.82, 2.24) is 0 Å². The van der Waals surface area contributed by atoms with E-state index in [9.17, 15) is 0 Å². The van der Waals surface area contributed by atoms with Gasteiger partial charge in [-0.25, -0.2) is 0 Å². The number of rotatable bonds is 2. The van der Waals surface area contributed by atoms with E-state index in [0.717, 1.165) is 6.42 Å². The van der Waals surface area contributed by atoms with Gasteiger partial charge >= 0.3 is 0 Å². The SMILES string of the molecule is Cc1cccc(CC(Cl)Br)c1. The quantitative estimate of drug-likeness (QED) is 0.686. The van der Waals surface area contributed by atoms with Gasteiger partial charge in [0.05, 0.1) is 4.29 Å². The van der Waals surface area contributed by atoms with Crippen LogP contribution in [0, 0.1) is 6.92 Å². The largest absolute Gasteiger partial charge is 0.110 e. The molecule has 60 valence electrons. The van der Waals surface area contributed by atoms with E-state index in [4.69, 9.17) is 11.6 Å². The van der Waals surface area contributed by atoms with Gasteiger partial charge in [0, 0.05) is 0 Å². The van der Waals surface area contributed by atoms with Crippen LogP contribution in [0.25, 0.3) is 0 Å². The smallest absolute Gasteiger partial charge is 0.0926 e. The van der Waals surface area contributed by atoms with E-state index >= 15 is 0 Å². The maximum Gasteiger partial charge on any atom is 0.0926 e. The Bertz CT molecular complexity index is 233. The minimum absolute atomic E-state index is 0.0456. The van der Waals surface area contributed by atoms with Crippen molar-refractivity contribution < 1.29 is 0 Å². The fourth-order valence-corrected chi connectivity index (χ4v) is 1.57. The monoisotopic (exact) mass is 232 g/mol. The third-order valence-electron chi connectivity index (χ3n) is 1.47. The lowest BCUT2D eigenvalue weighted by atomic mass is 10.1. The van der Waals surface area contributed by atoms with Gasteiger partial charge in [0.25, 0.3) is 0 Å². The Morgan fingerprint density at radius 2 is 2.27 bits per heavy atom. The van der Waals surface area contributed by atoms with Crippen molar-refractivity contribution in [1.29, 1.82) is 0 Å². The number of aryl methyl sites for hydroxylation is 1. The van der Waals surface area contributed by atoms with Crippen LogP contribution in [0.2, 0.25) is 0 Å². The highest BCUT2D eigenvalue weighted by atomic mass is 79.9. The van der Waals surface area contributed by atoms with Crippen LogP contribution in [0.4, 0.5) is 0 Å². The molecule has 1 unspecified atom stereocenters.